The molecule has 0 amide bonds. The number of methoxy groups -OCH3 is 1. The third kappa shape index (κ3) is 2.79. The van der Waals surface area contributed by atoms with E-state index in [0.717, 1.165) is 41.6 Å². The van der Waals surface area contributed by atoms with Crippen molar-refractivity contribution in [2.75, 3.05) is 26.8 Å². The van der Waals surface area contributed by atoms with Crippen molar-refractivity contribution in [2.24, 2.45) is 0 Å². The summed E-state index contributed by atoms with van der Waals surface area (Å²) in [6.07, 6.45) is 0.0614. The molecule has 0 bridgehead atoms. The molecule has 0 aliphatic carbocycles. The van der Waals surface area contributed by atoms with Gasteiger partial charge in [0.15, 0.2) is 0 Å². The quantitative estimate of drug-likeness (QED) is 0.915. The maximum absolute atomic E-state index is 6.37. The van der Waals surface area contributed by atoms with Gasteiger partial charge in [-0.05, 0) is 23.6 Å². The lowest BCUT2D eigenvalue weighted by Gasteiger charge is -2.25. The Morgan fingerprint density at radius 2 is 2.22 bits per heavy atom. The Kier molecular flexibility index (Phi) is 4.49. The van der Waals surface area contributed by atoms with Gasteiger partial charge >= 0.3 is 0 Å². The topological polar surface area (TPSA) is 30.5 Å². The number of ether oxygens (including phenoxy) is 2. The van der Waals surface area contributed by atoms with Gasteiger partial charge in [0, 0.05) is 23.7 Å². The first kappa shape index (κ1) is 13.7. The van der Waals surface area contributed by atoms with Gasteiger partial charge < -0.3 is 14.8 Å². The Hall–Kier alpha value is -0.770. The normalized spacial score (nSPS) is 20.2. The molecule has 1 aromatic rings. The average Bonchev–Trinajstić information content (AvgIpc) is 2.38. The van der Waals surface area contributed by atoms with E-state index in [-0.39, 0.29) is 6.10 Å². The van der Waals surface area contributed by atoms with E-state index in [1.807, 2.05) is 12.1 Å². The molecule has 1 aliphatic heterocycles. The minimum Gasteiger partial charge on any atom is -0.496 e. The number of halogens is 1. The highest BCUT2D eigenvalue weighted by atomic mass is 35.5. The van der Waals surface area contributed by atoms with Gasteiger partial charge in [0.2, 0.25) is 0 Å². The SMILES string of the molecule is COc1cc(C2CNCCO2)cc(Cl)c1C(C)C. The van der Waals surface area contributed by atoms with Gasteiger partial charge in [0.05, 0.1) is 19.8 Å². The number of hydrogen-bond acceptors (Lipinski definition) is 3. The lowest BCUT2D eigenvalue weighted by Crippen LogP contribution is -2.33. The van der Waals surface area contributed by atoms with Crippen LogP contribution >= 0.6 is 11.6 Å². The second-order valence-corrected chi connectivity index (χ2v) is 5.24. The Morgan fingerprint density at radius 3 is 2.78 bits per heavy atom. The first-order valence-electron chi connectivity index (χ1n) is 6.33. The standard InChI is InChI=1S/C14H20ClNO2/c1-9(2)14-11(15)6-10(7-12(14)17-3)13-8-16-4-5-18-13/h6-7,9,13,16H,4-5,8H2,1-3H3. The highest BCUT2D eigenvalue weighted by Gasteiger charge is 2.20. The van der Waals surface area contributed by atoms with Crippen LogP contribution in [0, 0.1) is 0 Å². The molecule has 1 saturated heterocycles. The van der Waals surface area contributed by atoms with Crippen molar-refractivity contribution in [3.63, 3.8) is 0 Å². The fourth-order valence-electron chi connectivity index (χ4n) is 2.31. The number of benzene rings is 1. The van der Waals surface area contributed by atoms with Gasteiger partial charge in [-0.3, -0.25) is 0 Å². The van der Waals surface area contributed by atoms with E-state index < -0.39 is 0 Å². The molecule has 1 fully saturated rings. The second kappa shape index (κ2) is 5.91. The van der Waals surface area contributed by atoms with E-state index in [9.17, 15) is 0 Å². The first-order chi connectivity index (χ1) is 8.63. The van der Waals surface area contributed by atoms with E-state index in [2.05, 4.69) is 19.2 Å². The van der Waals surface area contributed by atoms with Crippen LogP contribution in [0.25, 0.3) is 0 Å². The van der Waals surface area contributed by atoms with Crippen molar-refractivity contribution in [2.45, 2.75) is 25.9 Å². The van der Waals surface area contributed by atoms with E-state index in [0.29, 0.717) is 5.92 Å². The molecule has 2 rings (SSSR count). The molecular formula is C14H20ClNO2. The maximum Gasteiger partial charge on any atom is 0.124 e. The van der Waals surface area contributed by atoms with Crippen LogP contribution in [0.4, 0.5) is 0 Å². The molecule has 1 aromatic carbocycles. The zero-order chi connectivity index (χ0) is 13.1. The van der Waals surface area contributed by atoms with Gasteiger partial charge in [-0.15, -0.1) is 0 Å². The fourth-order valence-corrected chi connectivity index (χ4v) is 2.74. The molecule has 100 valence electrons. The van der Waals surface area contributed by atoms with Crippen LogP contribution in [0.15, 0.2) is 12.1 Å². The molecule has 1 N–H and O–H groups in total. The van der Waals surface area contributed by atoms with Crippen LogP contribution in [0.3, 0.4) is 0 Å². The van der Waals surface area contributed by atoms with Crippen LogP contribution in [-0.2, 0) is 4.74 Å². The average molecular weight is 270 g/mol. The summed E-state index contributed by atoms with van der Waals surface area (Å²) in [4.78, 5) is 0. The van der Waals surface area contributed by atoms with Crippen molar-refractivity contribution in [3.05, 3.63) is 28.3 Å². The van der Waals surface area contributed by atoms with Crippen LogP contribution < -0.4 is 10.1 Å². The lowest BCUT2D eigenvalue weighted by molar-refractivity contribution is 0.0276. The Morgan fingerprint density at radius 1 is 1.44 bits per heavy atom. The van der Waals surface area contributed by atoms with E-state index >= 15 is 0 Å². The Bertz CT molecular complexity index is 415. The third-order valence-corrected chi connectivity index (χ3v) is 3.52. The summed E-state index contributed by atoms with van der Waals surface area (Å²) in [5, 5.41) is 4.08. The molecule has 0 aromatic heterocycles. The summed E-state index contributed by atoms with van der Waals surface area (Å²) >= 11 is 6.37. The predicted octanol–water partition coefficient (Wildman–Crippen LogP) is 3.13. The summed E-state index contributed by atoms with van der Waals surface area (Å²) in [5.74, 6) is 1.19. The molecule has 1 atom stereocenters. The monoisotopic (exact) mass is 269 g/mol. The van der Waals surface area contributed by atoms with Crippen LogP contribution in [-0.4, -0.2) is 26.8 Å². The summed E-state index contributed by atoms with van der Waals surface area (Å²) in [7, 11) is 1.68. The van der Waals surface area contributed by atoms with Crippen molar-refractivity contribution in [1.82, 2.24) is 5.32 Å². The van der Waals surface area contributed by atoms with Crippen molar-refractivity contribution in [3.8, 4) is 5.75 Å². The number of nitrogens with one attached hydrogen (secondary N) is 1. The summed E-state index contributed by atoms with van der Waals surface area (Å²) in [6.45, 7) is 6.69. The smallest absolute Gasteiger partial charge is 0.124 e. The minimum absolute atomic E-state index is 0.0614. The number of hydrogen-bond donors (Lipinski definition) is 1. The van der Waals surface area contributed by atoms with Gasteiger partial charge in [0.1, 0.15) is 5.75 Å². The molecule has 3 nitrogen and oxygen atoms in total. The summed E-state index contributed by atoms with van der Waals surface area (Å²) < 4.78 is 11.2. The van der Waals surface area contributed by atoms with Gasteiger partial charge in [-0.2, -0.15) is 0 Å². The molecule has 1 unspecified atom stereocenters. The fraction of sp³-hybridized carbons (Fsp3) is 0.571. The zero-order valence-electron chi connectivity index (χ0n) is 11.1. The molecule has 4 heteroatoms. The number of rotatable bonds is 3. The van der Waals surface area contributed by atoms with Gasteiger partial charge in [0.25, 0.3) is 0 Å². The zero-order valence-corrected chi connectivity index (χ0v) is 11.9. The lowest BCUT2D eigenvalue weighted by atomic mass is 9.98. The third-order valence-electron chi connectivity index (χ3n) is 3.21. The highest BCUT2D eigenvalue weighted by molar-refractivity contribution is 6.31. The summed E-state index contributed by atoms with van der Waals surface area (Å²) in [6, 6.07) is 4.04. The van der Waals surface area contributed by atoms with Crippen LogP contribution in [0.2, 0.25) is 5.02 Å². The molecule has 1 aliphatic rings. The van der Waals surface area contributed by atoms with Crippen LogP contribution in [0.5, 0.6) is 5.75 Å². The largest absolute Gasteiger partial charge is 0.496 e. The Labute approximate surface area is 113 Å². The molecule has 18 heavy (non-hydrogen) atoms. The van der Waals surface area contributed by atoms with E-state index in [4.69, 9.17) is 21.1 Å². The summed E-state index contributed by atoms with van der Waals surface area (Å²) in [5.41, 5.74) is 2.14. The van der Waals surface area contributed by atoms with Crippen molar-refractivity contribution < 1.29 is 9.47 Å². The molecule has 0 saturated carbocycles. The first-order valence-corrected chi connectivity index (χ1v) is 6.71. The maximum atomic E-state index is 6.37. The van der Waals surface area contributed by atoms with E-state index in [1.165, 1.54) is 0 Å². The molecule has 0 spiro atoms. The minimum atomic E-state index is 0.0614. The molecule has 0 radical (unpaired) electrons. The number of morpholine rings is 1. The predicted molar refractivity (Wildman–Crippen MR) is 73.7 cm³/mol. The van der Waals surface area contributed by atoms with E-state index in [1.54, 1.807) is 7.11 Å². The van der Waals surface area contributed by atoms with Gasteiger partial charge in [-0.25, -0.2) is 0 Å². The van der Waals surface area contributed by atoms with Crippen molar-refractivity contribution in [1.29, 1.82) is 0 Å². The molecular weight excluding hydrogens is 250 g/mol. The second-order valence-electron chi connectivity index (χ2n) is 4.84. The van der Waals surface area contributed by atoms with Crippen LogP contribution in [0.1, 0.15) is 37.0 Å². The molecule has 1 heterocycles. The Balaban J connectivity index is 2.35. The van der Waals surface area contributed by atoms with Crippen molar-refractivity contribution >= 4 is 11.6 Å². The highest BCUT2D eigenvalue weighted by Crippen LogP contribution is 2.36. The van der Waals surface area contributed by atoms with Gasteiger partial charge in [-0.1, -0.05) is 25.4 Å².